The number of hydrogen-bond acceptors (Lipinski definition) is 4. The van der Waals surface area contributed by atoms with Gasteiger partial charge in [-0.2, -0.15) is 0 Å². The van der Waals surface area contributed by atoms with E-state index in [1.807, 2.05) is 0 Å². The average Bonchev–Trinajstić information content (AvgIpc) is 2.87. The predicted molar refractivity (Wildman–Crippen MR) is 98.1 cm³/mol. The molecule has 0 spiro atoms. The number of sulfonamides is 1. The summed E-state index contributed by atoms with van der Waals surface area (Å²) in [5.74, 6) is -0.356. The molecule has 1 aliphatic heterocycles. The Labute approximate surface area is 153 Å². The highest BCUT2D eigenvalue weighted by atomic mass is 32.2. The van der Waals surface area contributed by atoms with Gasteiger partial charge in [0.1, 0.15) is 11.7 Å². The topological polar surface area (TPSA) is 74.7 Å². The van der Waals surface area contributed by atoms with Crippen molar-refractivity contribution < 1.29 is 18.3 Å². The fourth-order valence-electron chi connectivity index (χ4n) is 3.05. The van der Waals surface area contributed by atoms with Crippen molar-refractivity contribution >= 4 is 15.9 Å². The van der Waals surface area contributed by atoms with E-state index >= 15 is 0 Å². The molecule has 1 unspecified atom stereocenters. The van der Waals surface area contributed by atoms with Crippen molar-refractivity contribution in [2.45, 2.75) is 17.4 Å². The SMILES string of the molecule is [CH2][C]1[C](c2ccccc2O)C(=O)N(S(=O)(=O)c2ccccc2)C1CC=C. The maximum atomic E-state index is 13.1. The Kier molecular flexibility index (Phi) is 4.87. The molecule has 5 nitrogen and oxygen atoms in total. The van der Waals surface area contributed by atoms with Crippen molar-refractivity contribution in [1.29, 1.82) is 0 Å². The van der Waals surface area contributed by atoms with Gasteiger partial charge in [0.05, 0.1) is 10.9 Å². The molecule has 2 aromatic rings. The smallest absolute Gasteiger partial charge is 0.266 e. The summed E-state index contributed by atoms with van der Waals surface area (Å²) in [4.78, 5) is 13.1. The number of para-hydroxylation sites is 1. The van der Waals surface area contributed by atoms with Gasteiger partial charge in [0, 0.05) is 11.5 Å². The second-order valence-electron chi connectivity index (χ2n) is 5.88. The number of carbonyl (C=O) groups excluding carboxylic acids is 1. The van der Waals surface area contributed by atoms with Crippen LogP contribution in [0.5, 0.6) is 5.75 Å². The van der Waals surface area contributed by atoms with E-state index in [1.54, 1.807) is 42.5 Å². The number of nitrogens with zero attached hydrogens (tertiary/aromatic N) is 1. The lowest BCUT2D eigenvalue weighted by Gasteiger charge is -2.25. The van der Waals surface area contributed by atoms with Crippen LogP contribution in [0.3, 0.4) is 0 Å². The van der Waals surface area contributed by atoms with Crippen LogP contribution < -0.4 is 0 Å². The van der Waals surface area contributed by atoms with Gasteiger partial charge < -0.3 is 5.11 Å². The lowest BCUT2D eigenvalue weighted by atomic mass is 9.85. The second kappa shape index (κ2) is 6.96. The van der Waals surface area contributed by atoms with E-state index in [2.05, 4.69) is 13.5 Å². The van der Waals surface area contributed by atoms with Crippen LogP contribution in [0.4, 0.5) is 0 Å². The first-order valence-electron chi connectivity index (χ1n) is 7.98. The van der Waals surface area contributed by atoms with Crippen molar-refractivity contribution in [3.05, 3.63) is 91.6 Å². The van der Waals surface area contributed by atoms with E-state index in [0.29, 0.717) is 5.92 Å². The van der Waals surface area contributed by atoms with Gasteiger partial charge >= 0.3 is 0 Å². The molecule has 26 heavy (non-hydrogen) atoms. The van der Waals surface area contributed by atoms with E-state index in [0.717, 1.165) is 4.31 Å². The molecule has 1 saturated heterocycles. The molecule has 1 atom stereocenters. The van der Waals surface area contributed by atoms with Gasteiger partial charge in [0.2, 0.25) is 5.91 Å². The third kappa shape index (κ3) is 2.90. The van der Waals surface area contributed by atoms with Crippen LogP contribution in [-0.2, 0) is 14.8 Å². The number of phenolic OH excluding ortho intramolecular Hbond substituents is 1. The third-order valence-corrected chi connectivity index (χ3v) is 6.09. The largest absolute Gasteiger partial charge is 0.508 e. The number of carbonyl (C=O) groups is 1. The van der Waals surface area contributed by atoms with E-state index in [9.17, 15) is 18.3 Å². The molecule has 1 amide bonds. The van der Waals surface area contributed by atoms with Gasteiger partial charge in [-0.3, -0.25) is 4.79 Å². The van der Waals surface area contributed by atoms with Crippen molar-refractivity contribution in [1.82, 2.24) is 4.31 Å². The summed E-state index contributed by atoms with van der Waals surface area (Å²) >= 11 is 0. The van der Waals surface area contributed by atoms with Crippen LogP contribution >= 0.6 is 0 Å². The molecule has 1 fully saturated rings. The van der Waals surface area contributed by atoms with Crippen molar-refractivity contribution in [2.24, 2.45) is 0 Å². The van der Waals surface area contributed by atoms with Crippen LogP contribution in [0.1, 0.15) is 12.0 Å². The molecule has 3 rings (SSSR count). The monoisotopic (exact) mass is 368 g/mol. The average molecular weight is 368 g/mol. The molecule has 6 heteroatoms. The highest BCUT2D eigenvalue weighted by Crippen LogP contribution is 2.45. The minimum absolute atomic E-state index is 0.0220. The fourth-order valence-corrected chi connectivity index (χ4v) is 4.64. The van der Waals surface area contributed by atoms with Gasteiger partial charge in [-0.1, -0.05) is 42.5 Å². The summed E-state index contributed by atoms with van der Waals surface area (Å²) in [6, 6.07) is 13.3. The van der Waals surface area contributed by atoms with E-state index in [4.69, 9.17) is 0 Å². The number of amides is 1. The minimum atomic E-state index is -4.07. The first-order valence-corrected chi connectivity index (χ1v) is 9.42. The second-order valence-corrected chi connectivity index (χ2v) is 7.69. The third-order valence-electron chi connectivity index (χ3n) is 4.28. The molecule has 0 aromatic heterocycles. The Morgan fingerprint density at radius 1 is 1.08 bits per heavy atom. The van der Waals surface area contributed by atoms with E-state index in [1.165, 1.54) is 18.2 Å². The van der Waals surface area contributed by atoms with Crippen LogP contribution in [-0.4, -0.2) is 29.8 Å². The Morgan fingerprint density at radius 3 is 2.31 bits per heavy atom. The maximum absolute atomic E-state index is 13.1. The summed E-state index contributed by atoms with van der Waals surface area (Å²) in [5, 5.41) is 10.1. The van der Waals surface area contributed by atoms with E-state index in [-0.39, 0.29) is 28.5 Å². The summed E-state index contributed by atoms with van der Waals surface area (Å²) in [7, 11) is -4.07. The summed E-state index contributed by atoms with van der Waals surface area (Å²) < 4.78 is 27.0. The molecule has 2 aromatic carbocycles. The van der Waals surface area contributed by atoms with Gasteiger partial charge in [-0.15, -0.1) is 6.58 Å². The predicted octanol–water partition coefficient (Wildman–Crippen LogP) is 2.90. The lowest BCUT2D eigenvalue weighted by Crippen LogP contribution is -2.39. The molecular formula is C20H18NO4S. The fraction of sp³-hybridized carbons (Fsp3) is 0.100. The highest BCUT2D eigenvalue weighted by Gasteiger charge is 2.52. The summed E-state index contributed by atoms with van der Waals surface area (Å²) in [5.41, 5.74) is 0.266. The van der Waals surface area contributed by atoms with Gasteiger partial charge in [0.15, 0.2) is 0 Å². The van der Waals surface area contributed by atoms with Crippen LogP contribution in [0, 0.1) is 18.8 Å². The minimum Gasteiger partial charge on any atom is -0.508 e. The molecule has 1 aliphatic rings. The Hall–Kier alpha value is -2.60. The molecule has 0 saturated carbocycles. The molecule has 1 heterocycles. The molecular weight excluding hydrogens is 350 g/mol. The van der Waals surface area contributed by atoms with Crippen molar-refractivity contribution in [3.8, 4) is 5.75 Å². The number of phenols is 1. The van der Waals surface area contributed by atoms with Gasteiger partial charge in [-0.25, -0.2) is 12.7 Å². The standard InChI is InChI=1S/C20H18NO4S/c1-3-9-17-14(2)19(16-12-7-8-13-18(16)22)20(23)21(17)26(24,25)15-10-5-4-6-11-15/h3-8,10-13,17,22H,1-2,9H2. The van der Waals surface area contributed by atoms with E-state index < -0.39 is 22.0 Å². The molecule has 133 valence electrons. The molecule has 0 aliphatic carbocycles. The van der Waals surface area contributed by atoms with Crippen molar-refractivity contribution in [3.63, 3.8) is 0 Å². The molecule has 3 radical (unpaired) electrons. The van der Waals surface area contributed by atoms with Gasteiger partial charge in [-0.05, 0) is 31.5 Å². The zero-order valence-corrected chi connectivity index (χ0v) is 14.8. The molecule has 1 N–H and O–H groups in total. The lowest BCUT2D eigenvalue weighted by molar-refractivity contribution is -0.122. The Bertz CT molecular complexity index is 924. The zero-order valence-electron chi connectivity index (χ0n) is 14.0. The first-order chi connectivity index (χ1) is 12.4. The van der Waals surface area contributed by atoms with Gasteiger partial charge in [0.25, 0.3) is 10.0 Å². The number of aromatic hydroxyl groups is 1. The Balaban J connectivity index is 2.11. The first kappa shape index (κ1) is 18.2. The maximum Gasteiger partial charge on any atom is 0.266 e. The number of rotatable bonds is 5. The van der Waals surface area contributed by atoms with Crippen LogP contribution in [0.15, 0.2) is 72.1 Å². The van der Waals surface area contributed by atoms with Crippen LogP contribution in [0.2, 0.25) is 0 Å². The zero-order chi connectivity index (χ0) is 18.9. The number of hydrogen-bond donors (Lipinski definition) is 1. The molecule has 0 bridgehead atoms. The normalized spacial score (nSPS) is 19.0. The summed E-state index contributed by atoms with van der Waals surface area (Å²) in [6.07, 6.45) is 1.78. The van der Waals surface area contributed by atoms with Crippen molar-refractivity contribution in [2.75, 3.05) is 0 Å². The Morgan fingerprint density at radius 2 is 1.69 bits per heavy atom. The van der Waals surface area contributed by atoms with Crippen LogP contribution in [0.25, 0.3) is 0 Å². The quantitative estimate of drug-likeness (QED) is 0.824. The highest BCUT2D eigenvalue weighted by molar-refractivity contribution is 7.89. The number of benzene rings is 2. The summed E-state index contributed by atoms with van der Waals surface area (Å²) in [6.45, 7) is 7.59.